The van der Waals surface area contributed by atoms with Gasteiger partial charge in [-0.1, -0.05) is 34.6 Å². The lowest BCUT2D eigenvalue weighted by Crippen LogP contribution is -2.61. The van der Waals surface area contributed by atoms with Crippen LogP contribution in [-0.4, -0.2) is 41.1 Å². The van der Waals surface area contributed by atoms with E-state index in [9.17, 15) is 0 Å². The SMILES string of the molecule is CCNC(Cc1csc(C)n1)C(CC)(CC)N(CC)CC. The Morgan fingerprint density at radius 1 is 1.19 bits per heavy atom. The van der Waals surface area contributed by atoms with Gasteiger partial charge in [0.15, 0.2) is 0 Å². The monoisotopic (exact) mass is 311 g/mol. The van der Waals surface area contributed by atoms with Crippen molar-refractivity contribution in [3.8, 4) is 0 Å². The summed E-state index contributed by atoms with van der Waals surface area (Å²) in [6.45, 7) is 16.7. The third-order valence-corrected chi connectivity index (χ3v) is 5.62. The normalized spacial score (nSPS) is 13.9. The molecule has 1 atom stereocenters. The second kappa shape index (κ2) is 8.86. The van der Waals surface area contributed by atoms with Crippen LogP contribution in [0.5, 0.6) is 0 Å². The van der Waals surface area contributed by atoms with Crippen molar-refractivity contribution >= 4 is 11.3 Å². The van der Waals surface area contributed by atoms with Crippen LogP contribution >= 0.6 is 11.3 Å². The van der Waals surface area contributed by atoms with Crippen molar-refractivity contribution in [2.45, 2.75) is 72.4 Å². The predicted molar refractivity (Wildman–Crippen MR) is 94.3 cm³/mol. The fourth-order valence-electron chi connectivity index (χ4n) is 3.67. The molecular formula is C17H33N3S. The molecule has 1 unspecified atom stereocenters. The topological polar surface area (TPSA) is 28.2 Å². The van der Waals surface area contributed by atoms with Gasteiger partial charge in [0.1, 0.15) is 0 Å². The number of aromatic nitrogens is 1. The van der Waals surface area contributed by atoms with Crippen LogP contribution in [0.3, 0.4) is 0 Å². The van der Waals surface area contributed by atoms with Crippen molar-refractivity contribution in [1.29, 1.82) is 0 Å². The molecule has 1 aromatic rings. The molecule has 0 bridgehead atoms. The molecule has 0 saturated heterocycles. The van der Waals surface area contributed by atoms with Gasteiger partial charge in [0.25, 0.3) is 0 Å². The highest BCUT2D eigenvalue weighted by atomic mass is 32.1. The summed E-state index contributed by atoms with van der Waals surface area (Å²) in [5.41, 5.74) is 1.46. The molecule has 0 amide bonds. The summed E-state index contributed by atoms with van der Waals surface area (Å²) < 4.78 is 0. The maximum absolute atomic E-state index is 4.69. The molecule has 1 heterocycles. The van der Waals surface area contributed by atoms with Gasteiger partial charge in [-0.15, -0.1) is 11.3 Å². The van der Waals surface area contributed by atoms with Gasteiger partial charge in [0, 0.05) is 23.4 Å². The molecule has 0 aliphatic carbocycles. The van der Waals surface area contributed by atoms with Gasteiger partial charge in [-0.3, -0.25) is 4.90 Å². The molecule has 0 aliphatic rings. The fraction of sp³-hybridized carbons (Fsp3) is 0.824. The van der Waals surface area contributed by atoms with Crippen LogP contribution in [0.1, 0.15) is 58.2 Å². The first-order chi connectivity index (χ1) is 10.1. The van der Waals surface area contributed by atoms with E-state index in [1.54, 1.807) is 11.3 Å². The van der Waals surface area contributed by atoms with Crippen LogP contribution in [-0.2, 0) is 6.42 Å². The number of nitrogens with zero attached hydrogens (tertiary/aromatic N) is 2. The Morgan fingerprint density at radius 2 is 1.81 bits per heavy atom. The summed E-state index contributed by atoms with van der Waals surface area (Å²) in [6, 6.07) is 0.457. The van der Waals surface area contributed by atoms with Crippen molar-refractivity contribution in [2.75, 3.05) is 19.6 Å². The number of hydrogen-bond donors (Lipinski definition) is 1. The molecule has 0 spiro atoms. The highest BCUT2D eigenvalue weighted by molar-refractivity contribution is 7.09. The van der Waals surface area contributed by atoms with Crippen molar-refractivity contribution in [1.82, 2.24) is 15.2 Å². The maximum atomic E-state index is 4.69. The zero-order valence-electron chi connectivity index (χ0n) is 14.7. The summed E-state index contributed by atoms with van der Waals surface area (Å²) in [7, 11) is 0. The van der Waals surface area contributed by atoms with Crippen LogP contribution in [0.2, 0.25) is 0 Å². The first-order valence-corrected chi connectivity index (χ1v) is 9.35. The van der Waals surface area contributed by atoms with Crippen LogP contribution < -0.4 is 5.32 Å². The van der Waals surface area contributed by atoms with Gasteiger partial charge in [-0.25, -0.2) is 4.98 Å². The van der Waals surface area contributed by atoms with E-state index < -0.39 is 0 Å². The molecule has 1 rings (SSSR count). The maximum Gasteiger partial charge on any atom is 0.0897 e. The van der Waals surface area contributed by atoms with Gasteiger partial charge in [-0.2, -0.15) is 0 Å². The molecule has 122 valence electrons. The number of aryl methyl sites for hydroxylation is 1. The number of thiazole rings is 1. The summed E-state index contributed by atoms with van der Waals surface area (Å²) in [4.78, 5) is 7.32. The van der Waals surface area contributed by atoms with E-state index in [1.165, 1.54) is 23.5 Å². The number of nitrogens with one attached hydrogen (secondary N) is 1. The van der Waals surface area contributed by atoms with Crippen molar-refractivity contribution < 1.29 is 0 Å². The minimum absolute atomic E-state index is 0.219. The summed E-state index contributed by atoms with van der Waals surface area (Å²) in [6.07, 6.45) is 3.37. The molecule has 0 aliphatic heterocycles. The molecule has 3 nitrogen and oxygen atoms in total. The predicted octanol–water partition coefficient (Wildman–Crippen LogP) is 3.87. The Hall–Kier alpha value is -0.450. The van der Waals surface area contributed by atoms with Crippen LogP contribution in [0.15, 0.2) is 5.38 Å². The Kier molecular flexibility index (Phi) is 7.85. The van der Waals surface area contributed by atoms with Crippen LogP contribution in [0, 0.1) is 6.92 Å². The molecule has 21 heavy (non-hydrogen) atoms. The highest BCUT2D eigenvalue weighted by Crippen LogP contribution is 2.30. The van der Waals surface area contributed by atoms with E-state index in [2.05, 4.69) is 62.1 Å². The summed E-state index contributed by atoms with van der Waals surface area (Å²) in [5, 5.41) is 7.14. The molecule has 0 saturated carbocycles. The Morgan fingerprint density at radius 3 is 2.19 bits per heavy atom. The number of likely N-dealkylation sites (N-methyl/N-ethyl adjacent to an activating group) is 2. The quantitative estimate of drug-likeness (QED) is 0.711. The molecule has 1 N–H and O–H groups in total. The van der Waals surface area contributed by atoms with Gasteiger partial charge in [0.2, 0.25) is 0 Å². The lowest BCUT2D eigenvalue weighted by molar-refractivity contribution is 0.0495. The van der Waals surface area contributed by atoms with E-state index in [1.807, 2.05) is 0 Å². The average molecular weight is 312 g/mol. The average Bonchev–Trinajstić information content (AvgIpc) is 2.90. The van der Waals surface area contributed by atoms with Crippen molar-refractivity contribution in [3.63, 3.8) is 0 Å². The van der Waals surface area contributed by atoms with Gasteiger partial charge >= 0.3 is 0 Å². The second-order valence-corrected chi connectivity index (χ2v) is 6.72. The molecule has 4 heteroatoms. The Balaban J connectivity index is 3.06. The first kappa shape index (κ1) is 18.6. The Labute approximate surface area is 135 Å². The largest absolute Gasteiger partial charge is 0.312 e. The van der Waals surface area contributed by atoms with E-state index >= 15 is 0 Å². The van der Waals surface area contributed by atoms with E-state index in [-0.39, 0.29) is 5.54 Å². The molecule has 0 fully saturated rings. The highest BCUT2D eigenvalue weighted by Gasteiger charge is 2.39. The fourth-order valence-corrected chi connectivity index (χ4v) is 4.30. The van der Waals surface area contributed by atoms with Crippen molar-refractivity contribution in [2.24, 2.45) is 0 Å². The zero-order valence-corrected chi connectivity index (χ0v) is 15.5. The van der Waals surface area contributed by atoms with Gasteiger partial charge in [0.05, 0.1) is 10.7 Å². The van der Waals surface area contributed by atoms with E-state index in [0.717, 1.165) is 26.1 Å². The smallest absolute Gasteiger partial charge is 0.0897 e. The molecule has 1 aromatic heterocycles. The number of rotatable bonds is 10. The summed E-state index contributed by atoms with van der Waals surface area (Å²) >= 11 is 1.76. The second-order valence-electron chi connectivity index (χ2n) is 5.66. The minimum atomic E-state index is 0.219. The molecular weight excluding hydrogens is 278 g/mol. The Bertz CT molecular complexity index is 394. The number of hydrogen-bond acceptors (Lipinski definition) is 4. The third kappa shape index (κ3) is 4.27. The van der Waals surface area contributed by atoms with Gasteiger partial charge in [-0.05, 0) is 39.4 Å². The first-order valence-electron chi connectivity index (χ1n) is 8.47. The van der Waals surface area contributed by atoms with E-state index in [0.29, 0.717) is 6.04 Å². The zero-order chi connectivity index (χ0) is 15.9. The van der Waals surface area contributed by atoms with Crippen molar-refractivity contribution in [3.05, 3.63) is 16.1 Å². The summed E-state index contributed by atoms with van der Waals surface area (Å²) in [5.74, 6) is 0. The molecule has 0 aromatic carbocycles. The van der Waals surface area contributed by atoms with Crippen LogP contribution in [0.4, 0.5) is 0 Å². The molecule has 0 radical (unpaired) electrons. The standard InChI is InChI=1S/C17H33N3S/c1-7-17(8-2,20(10-4)11-5)16(18-9-3)12-15-13-21-14(6)19-15/h13,16,18H,7-12H2,1-6H3. The lowest BCUT2D eigenvalue weighted by atomic mass is 9.80. The third-order valence-electron chi connectivity index (χ3n) is 4.80. The van der Waals surface area contributed by atoms with Gasteiger partial charge < -0.3 is 5.32 Å². The lowest BCUT2D eigenvalue weighted by Gasteiger charge is -2.48. The van der Waals surface area contributed by atoms with Crippen LogP contribution in [0.25, 0.3) is 0 Å². The van der Waals surface area contributed by atoms with E-state index in [4.69, 9.17) is 0 Å². The minimum Gasteiger partial charge on any atom is -0.312 e.